The fourth-order valence-electron chi connectivity index (χ4n) is 1.85. The van der Waals surface area contributed by atoms with Gasteiger partial charge in [0.15, 0.2) is 11.5 Å². The van der Waals surface area contributed by atoms with Gasteiger partial charge in [-0.05, 0) is 35.6 Å². The lowest BCUT2D eigenvalue weighted by Crippen LogP contribution is -2.34. The molecule has 1 aromatic carbocycles. The Morgan fingerprint density at radius 2 is 2.10 bits per heavy atom. The fourth-order valence-corrected chi connectivity index (χ4v) is 2.54. The lowest BCUT2D eigenvalue weighted by Gasteiger charge is -2.12. The van der Waals surface area contributed by atoms with E-state index in [2.05, 4.69) is 0 Å². The number of carbonyl (C=O) groups excluding carboxylic acids is 1. The second-order valence-electron chi connectivity index (χ2n) is 4.63. The number of esters is 1. The minimum atomic E-state index is -0.794. The molecule has 112 valence electrons. The maximum absolute atomic E-state index is 11.8. The summed E-state index contributed by atoms with van der Waals surface area (Å²) in [5.41, 5.74) is 6.44. The molecule has 2 rings (SSSR count). The molecule has 1 heterocycles. The molecule has 0 aliphatic heterocycles. The van der Waals surface area contributed by atoms with E-state index >= 15 is 0 Å². The Morgan fingerprint density at radius 3 is 2.76 bits per heavy atom. The maximum atomic E-state index is 11.8. The summed E-state index contributed by atoms with van der Waals surface area (Å²) in [5, 5.41) is 20.6. The van der Waals surface area contributed by atoms with Crippen LogP contribution in [0.25, 0.3) is 0 Å². The molecule has 1 unspecified atom stereocenters. The number of hydrogen-bond donors (Lipinski definition) is 3. The quantitative estimate of drug-likeness (QED) is 0.559. The average molecular weight is 307 g/mol. The van der Waals surface area contributed by atoms with Gasteiger partial charge in [-0.15, -0.1) is 11.3 Å². The lowest BCUT2D eigenvalue weighted by atomic mass is 10.1. The highest BCUT2D eigenvalue weighted by Gasteiger charge is 2.16. The first kappa shape index (κ1) is 15.3. The van der Waals surface area contributed by atoms with Gasteiger partial charge in [0.05, 0.1) is 6.61 Å². The van der Waals surface area contributed by atoms with Gasteiger partial charge in [0.25, 0.3) is 0 Å². The smallest absolute Gasteiger partial charge is 0.323 e. The molecule has 5 nitrogen and oxygen atoms in total. The second kappa shape index (κ2) is 7.10. The fraction of sp³-hybridized carbons (Fsp3) is 0.267. The SMILES string of the molecule is NC(Cc1ccc(O)c(O)c1)C(=O)OCCc1cccs1. The number of carbonyl (C=O) groups is 1. The number of rotatable bonds is 6. The molecular weight excluding hydrogens is 290 g/mol. The summed E-state index contributed by atoms with van der Waals surface area (Å²) in [6.07, 6.45) is 0.918. The van der Waals surface area contributed by atoms with E-state index in [1.807, 2.05) is 17.5 Å². The molecule has 0 bridgehead atoms. The van der Waals surface area contributed by atoms with Crippen LogP contribution in [0.3, 0.4) is 0 Å². The van der Waals surface area contributed by atoms with E-state index in [0.29, 0.717) is 18.6 Å². The first-order valence-corrected chi connectivity index (χ1v) is 7.39. The topological polar surface area (TPSA) is 92.8 Å². The molecule has 0 spiro atoms. The van der Waals surface area contributed by atoms with Crippen molar-refractivity contribution in [2.24, 2.45) is 5.73 Å². The summed E-state index contributed by atoms with van der Waals surface area (Å²) in [4.78, 5) is 12.9. The largest absolute Gasteiger partial charge is 0.504 e. The number of phenols is 2. The van der Waals surface area contributed by atoms with Gasteiger partial charge in [0.2, 0.25) is 0 Å². The zero-order valence-electron chi connectivity index (χ0n) is 11.4. The van der Waals surface area contributed by atoms with E-state index in [0.717, 1.165) is 4.88 Å². The number of nitrogens with two attached hydrogens (primary N) is 1. The van der Waals surface area contributed by atoms with Crippen molar-refractivity contribution in [3.63, 3.8) is 0 Å². The van der Waals surface area contributed by atoms with E-state index in [9.17, 15) is 15.0 Å². The van der Waals surface area contributed by atoms with Crippen LogP contribution in [0, 0.1) is 0 Å². The minimum Gasteiger partial charge on any atom is -0.504 e. The maximum Gasteiger partial charge on any atom is 0.323 e. The molecule has 0 fully saturated rings. The van der Waals surface area contributed by atoms with Crippen LogP contribution in [0.5, 0.6) is 11.5 Å². The average Bonchev–Trinajstić information content (AvgIpc) is 2.96. The first-order chi connectivity index (χ1) is 10.1. The Balaban J connectivity index is 1.80. The van der Waals surface area contributed by atoms with Crippen LogP contribution in [0.2, 0.25) is 0 Å². The van der Waals surface area contributed by atoms with Crippen molar-refractivity contribution in [2.45, 2.75) is 18.9 Å². The van der Waals surface area contributed by atoms with Crippen molar-refractivity contribution in [3.05, 3.63) is 46.2 Å². The summed E-state index contributed by atoms with van der Waals surface area (Å²) in [5.74, 6) is -0.907. The summed E-state index contributed by atoms with van der Waals surface area (Å²) in [7, 11) is 0. The van der Waals surface area contributed by atoms with Gasteiger partial charge >= 0.3 is 5.97 Å². The van der Waals surface area contributed by atoms with Gasteiger partial charge in [-0.25, -0.2) is 0 Å². The third kappa shape index (κ3) is 4.47. The standard InChI is InChI=1S/C15H17NO4S/c16-12(8-10-3-4-13(17)14(18)9-10)15(19)20-6-5-11-2-1-7-21-11/h1-4,7,9,12,17-18H,5-6,8,16H2. The monoisotopic (exact) mass is 307 g/mol. The van der Waals surface area contributed by atoms with Crippen LogP contribution in [0.15, 0.2) is 35.7 Å². The molecule has 4 N–H and O–H groups in total. The van der Waals surface area contributed by atoms with Crippen molar-refractivity contribution in [2.75, 3.05) is 6.61 Å². The Hall–Kier alpha value is -2.05. The summed E-state index contributed by atoms with van der Waals surface area (Å²) in [6, 6.07) is 7.49. The van der Waals surface area contributed by atoms with Crippen molar-refractivity contribution in [3.8, 4) is 11.5 Å². The van der Waals surface area contributed by atoms with Gasteiger partial charge in [0, 0.05) is 11.3 Å². The normalized spacial score (nSPS) is 12.0. The van der Waals surface area contributed by atoms with Crippen molar-refractivity contribution < 1.29 is 19.7 Å². The van der Waals surface area contributed by atoms with Crippen LogP contribution in [0.4, 0.5) is 0 Å². The Morgan fingerprint density at radius 1 is 1.29 bits per heavy atom. The van der Waals surface area contributed by atoms with Crippen molar-refractivity contribution >= 4 is 17.3 Å². The zero-order chi connectivity index (χ0) is 15.2. The van der Waals surface area contributed by atoms with Gasteiger partial charge in [-0.1, -0.05) is 12.1 Å². The van der Waals surface area contributed by atoms with Crippen LogP contribution >= 0.6 is 11.3 Å². The molecule has 6 heteroatoms. The molecule has 0 aliphatic rings. The summed E-state index contributed by atoms with van der Waals surface area (Å²) >= 11 is 1.61. The number of thiophene rings is 1. The van der Waals surface area contributed by atoms with E-state index in [4.69, 9.17) is 10.5 Å². The van der Waals surface area contributed by atoms with E-state index in [-0.39, 0.29) is 17.9 Å². The number of aromatic hydroxyl groups is 2. The highest BCUT2D eigenvalue weighted by atomic mass is 32.1. The molecule has 0 saturated heterocycles. The van der Waals surface area contributed by atoms with Crippen LogP contribution in [0.1, 0.15) is 10.4 Å². The lowest BCUT2D eigenvalue weighted by molar-refractivity contribution is -0.145. The van der Waals surface area contributed by atoms with Crippen LogP contribution < -0.4 is 5.73 Å². The molecule has 2 aromatic rings. The predicted octanol–water partition coefficient (Wildman–Crippen LogP) is 1.81. The Bertz CT molecular complexity index is 598. The van der Waals surface area contributed by atoms with Crippen molar-refractivity contribution in [1.82, 2.24) is 0 Å². The third-order valence-electron chi connectivity index (χ3n) is 2.97. The number of hydrogen-bond acceptors (Lipinski definition) is 6. The first-order valence-electron chi connectivity index (χ1n) is 6.51. The van der Waals surface area contributed by atoms with E-state index in [1.165, 1.54) is 12.1 Å². The van der Waals surface area contributed by atoms with Gasteiger partial charge in [-0.3, -0.25) is 4.79 Å². The minimum absolute atomic E-state index is 0.203. The molecule has 1 atom stereocenters. The number of ether oxygens (including phenoxy) is 1. The van der Waals surface area contributed by atoms with Crippen LogP contribution in [-0.4, -0.2) is 28.8 Å². The van der Waals surface area contributed by atoms with Gasteiger partial charge in [0.1, 0.15) is 6.04 Å². The molecule has 1 aromatic heterocycles. The van der Waals surface area contributed by atoms with Crippen LogP contribution in [-0.2, 0) is 22.4 Å². The summed E-state index contributed by atoms with van der Waals surface area (Å²) < 4.78 is 5.13. The highest BCUT2D eigenvalue weighted by molar-refractivity contribution is 7.09. The third-order valence-corrected chi connectivity index (χ3v) is 3.91. The Labute approximate surface area is 126 Å². The second-order valence-corrected chi connectivity index (χ2v) is 5.66. The number of phenolic OH excluding ortho intramolecular Hbond substituents is 2. The molecule has 0 amide bonds. The summed E-state index contributed by atoms with van der Waals surface area (Å²) in [6.45, 7) is 0.299. The molecule has 0 aliphatic carbocycles. The molecule has 0 saturated carbocycles. The van der Waals surface area contributed by atoms with Gasteiger partial charge < -0.3 is 20.7 Å². The number of benzene rings is 1. The molecule has 21 heavy (non-hydrogen) atoms. The molecule has 0 radical (unpaired) electrons. The Kier molecular flexibility index (Phi) is 5.19. The van der Waals surface area contributed by atoms with E-state index < -0.39 is 12.0 Å². The highest BCUT2D eigenvalue weighted by Crippen LogP contribution is 2.25. The molecular formula is C15H17NO4S. The predicted molar refractivity (Wildman–Crippen MR) is 80.4 cm³/mol. The van der Waals surface area contributed by atoms with E-state index in [1.54, 1.807) is 17.4 Å². The van der Waals surface area contributed by atoms with Gasteiger partial charge in [-0.2, -0.15) is 0 Å². The zero-order valence-corrected chi connectivity index (χ0v) is 12.2. The van der Waals surface area contributed by atoms with Crippen molar-refractivity contribution in [1.29, 1.82) is 0 Å².